The summed E-state index contributed by atoms with van der Waals surface area (Å²) in [5.41, 5.74) is 4.04. The van der Waals surface area contributed by atoms with E-state index in [1.165, 1.54) is 48.5 Å². The maximum Gasteiger partial charge on any atom is 0.339 e. The van der Waals surface area contributed by atoms with Crippen molar-refractivity contribution in [1.82, 2.24) is 5.32 Å². The first-order valence-corrected chi connectivity index (χ1v) is 8.80. The van der Waals surface area contributed by atoms with Crippen LogP contribution in [0.25, 0.3) is 0 Å². The molecule has 0 fully saturated rings. The lowest BCUT2D eigenvalue weighted by Crippen LogP contribution is -2.31. The Morgan fingerprint density at radius 3 is 2.58 bits per heavy atom. The van der Waals surface area contributed by atoms with Crippen molar-refractivity contribution >= 4 is 11.9 Å². The van der Waals surface area contributed by atoms with E-state index in [2.05, 4.69) is 17.4 Å². The van der Waals surface area contributed by atoms with Gasteiger partial charge in [0.05, 0.1) is 11.6 Å². The van der Waals surface area contributed by atoms with Gasteiger partial charge in [0, 0.05) is 12.1 Å². The fraction of sp³-hybridized carbons (Fsp3) is 0.350. The fourth-order valence-corrected chi connectivity index (χ4v) is 3.15. The van der Waals surface area contributed by atoms with E-state index in [4.69, 9.17) is 4.74 Å². The van der Waals surface area contributed by atoms with Crippen molar-refractivity contribution in [1.29, 1.82) is 0 Å². The van der Waals surface area contributed by atoms with Crippen LogP contribution in [0.15, 0.2) is 42.7 Å². The molecule has 0 saturated heterocycles. The number of benzene rings is 1. The first kappa shape index (κ1) is 17.9. The molecule has 6 heteroatoms. The second-order valence-electron chi connectivity index (χ2n) is 6.55. The molecule has 1 aromatic heterocycles. The monoisotopic (exact) mass is 354 g/mol. The minimum atomic E-state index is -0.637. The van der Waals surface area contributed by atoms with Crippen molar-refractivity contribution in [3.8, 4) is 0 Å². The van der Waals surface area contributed by atoms with E-state index < -0.39 is 5.97 Å². The van der Waals surface area contributed by atoms with Gasteiger partial charge in [-0.2, -0.15) is 4.73 Å². The smallest absolute Gasteiger partial charge is 0.339 e. The second kappa shape index (κ2) is 7.99. The van der Waals surface area contributed by atoms with Crippen LogP contribution in [0, 0.1) is 5.21 Å². The van der Waals surface area contributed by atoms with Crippen molar-refractivity contribution in [2.45, 2.75) is 38.6 Å². The Labute approximate surface area is 152 Å². The highest BCUT2D eigenvalue weighted by atomic mass is 16.5. The number of amides is 1. The summed E-state index contributed by atoms with van der Waals surface area (Å²) >= 11 is 0. The Morgan fingerprint density at radius 2 is 1.85 bits per heavy atom. The van der Waals surface area contributed by atoms with Crippen LogP contribution in [0.4, 0.5) is 0 Å². The molecule has 1 atom stereocenters. The Hall–Kier alpha value is -2.89. The van der Waals surface area contributed by atoms with Crippen molar-refractivity contribution in [2.75, 3.05) is 6.61 Å². The van der Waals surface area contributed by atoms with Crippen LogP contribution >= 0.6 is 0 Å². The van der Waals surface area contributed by atoms with E-state index in [-0.39, 0.29) is 24.1 Å². The number of aromatic nitrogens is 1. The Morgan fingerprint density at radius 1 is 1.15 bits per heavy atom. The summed E-state index contributed by atoms with van der Waals surface area (Å²) in [5.74, 6) is -0.999. The number of hydrogen-bond acceptors (Lipinski definition) is 4. The number of carbonyl (C=O) groups is 2. The number of rotatable bonds is 5. The first-order valence-electron chi connectivity index (χ1n) is 8.80. The maximum atomic E-state index is 12.1. The zero-order valence-electron chi connectivity index (χ0n) is 14.7. The van der Waals surface area contributed by atoms with E-state index >= 15 is 0 Å². The number of nitrogens with zero attached hydrogens (tertiary/aromatic N) is 1. The van der Waals surface area contributed by atoms with Crippen LogP contribution in [0.3, 0.4) is 0 Å². The zero-order valence-corrected chi connectivity index (χ0v) is 14.7. The van der Waals surface area contributed by atoms with Crippen LogP contribution in [-0.2, 0) is 22.4 Å². The summed E-state index contributed by atoms with van der Waals surface area (Å²) in [4.78, 5) is 23.9. The van der Waals surface area contributed by atoms with E-state index in [0.717, 1.165) is 18.4 Å². The highest BCUT2D eigenvalue weighted by Crippen LogP contribution is 2.24. The molecule has 6 nitrogen and oxygen atoms in total. The quantitative estimate of drug-likeness (QED) is 0.507. The third kappa shape index (κ3) is 4.39. The average molecular weight is 354 g/mol. The molecule has 1 heterocycles. The number of carbonyl (C=O) groups excluding carboxylic acids is 2. The summed E-state index contributed by atoms with van der Waals surface area (Å²) < 4.78 is 5.57. The van der Waals surface area contributed by atoms with Gasteiger partial charge in [-0.25, -0.2) is 4.79 Å². The summed E-state index contributed by atoms with van der Waals surface area (Å²) in [5, 5.41) is 13.8. The minimum Gasteiger partial charge on any atom is -0.619 e. The lowest BCUT2D eigenvalue weighted by molar-refractivity contribution is -0.605. The third-order valence-corrected chi connectivity index (χ3v) is 4.62. The summed E-state index contributed by atoms with van der Waals surface area (Å²) in [6, 6.07) is 8.89. The Kier molecular flexibility index (Phi) is 5.51. The second-order valence-corrected chi connectivity index (χ2v) is 6.55. The van der Waals surface area contributed by atoms with Gasteiger partial charge in [-0.1, -0.05) is 18.2 Å². The van der Waals surface area contributed by atoms with E-state index in [1.807, 2.05) is 13.0 Å². The molecule has 1 aliphatic rings. The van der Waals surface area contributed by atoms with Gasteiger partial charge in [0.25, 0.3) is 5.91 Å². The normalized spacial score (nSPS) is 14.2. The van der Waals surface area contributed by atoms with Gasteiger partial charge < -0.3 is 15.3 Å². The fourth-order valence-electron chi connectivity index (χ4n) is 3.15. The highest BCUT2D eigenvalue weighted by Gasteiger charge is 2.16. The molecule has 136 valence electrons. The molecule has 0 bridgehead atoms. The number of esters is 1. The SMILES string of the molecule is C[C@H](NC(=O)COC(=O)c1cc[n+]([O-])cc1)c1ccc2c(c1)CCCC2. The zero-order chi connectivity index (χ0) is 18.5. The molecule has 1 aliphatic carbocycles. The van der Waals surface area contributed by atoms with Crippen molar-refractivity contribution < 1.29 is 19.1 Å². The van der Waals surface area contributed by atoms with Gasteiger partial charge in [0.2, 0.25) is 0 Å². The topological polar surface area (TPSA) is 82.3 Å². The predicted octanol–water partition coefficient (Wildman–Crippen LogP) is 2.23. The molecule has 1 aromatic carbocycles. The molecular weight excluding hydrogens is 332 g/mol. The molecule has 1 N–H and O–H groups in total. The number of pyridine rings is 1. The summed E-state index contributed by atoms with van der Waals surface area (Å²) in [7, 11) is 0. The predicted molar refractivity (Wildman–Crippen MR) is 95.3 cm³/mol. The van der Waals surface area contributed by atoms with Crippen molar-refractivity contribution in [2.24, 2.45) is 0 Å². The standard InChI is InChI=1S/C20H22N2O4/c1-14(17-7-6-15-4-2-3-5-18(15)12-17)21-19(23)13-26-20(24)16-8-10-22(25)11-9-16/h6-12,14H,2-5,13H2,1H3,(H,21,23)/t14-/m0/s1. The van der Waals surface area contributed by atoms with E-state index in [9.17, 15) is 14.8 Å². The van der Waals surface area contributed by atoms with Crippen LogP contribution in [-0.4, -0.2) is 18.5 Å². The molecule has 3 rings (SSSR count). The van der Waals surface area contributed by atoms with Crippen LogP contribution in [0.1, 0.15) is 52.9 Å². The largest absolute Gasteiger partial charge is 0.619 e. The first-order chi connectivity index (χ1) is 12.5. The Balaban J connectivity index is 1.52. The molecule has 0 spiro atoms. The molecule has 26 heavy (non-hydrogen) atoms. The molecule has 0 aliphatic heterocycles. The Bertz CT molecular complexity index is 802. The van der Waals surface area contributed by atoms with Crippen LogP contribution in [0.5, 0.6) is 0 Å². The highest BCUT2D eigenvalue weighted by molar-refractivity contribution is 5.91. The molecule has 1 amide bonds. The van der Waals surface area contributed by atoms with Gasteiger partial charge in [-0.3, -0.25) is 4.79 Å². The molecule has 2 aromatic rings. The van der Waals surface area contributed by atoms with Gasteiger partial charge in [-0.15, -0.1) is 0 Å². The number of hydrogen-bond donors (Lipinski definition) is 1. The maximum absolute atomic E-state index is 12.1. The van der Waals surface area contributed by atoms with Crippen LogP contribution < -0.4 is 10.0 Å². The van der Waals surface area contributed by atoms with Gasteiger partial charge in [0.1, 0.15) is 0 Å². The molecule has 0 radical (unpaired) electrons. The average Bonchev–Trinajstić information content (AvgIpc) is 2.66. The third-order valence-electron chi connectivity index (χ3n) is 4.62. The lowest BCUT2D eigenvalue weighted by atomic mass is 9.89. The van der Waals surface area contributed by atoms with Crippen molar-refractivity contribution in [3.63, 3.8) is 0 Å². The van der Waals surface area contributed by atoms with Gasteiger partial charge in [0.15, 0.2) is 19.0 Å². The van der Waals surface area contributed by atoms with E-state index in [1.54, 1.807) is 0 Å². The lowest BCUT2D eigenvalue weighted by Gasteiger charge is -2.20. The molecule has 0 unspecified atom stereocenters. The molecular formula is C20H22N2O4. The van der Waals surface area contributed by atoms with Gasteiger partial charge in [-0.05, 0) is 49.3 Å². The van der Waals surface area contributed by atoms with Crippen LogP contribution in [0.2, 0.25) is 0 Å². The number of fused-ring (bicyclic) bond motifs is 1. The summed E-state index contributed by atoms with van der Waals surface area (Å²) in [6.45, 7) is 1.55. The van der Waals surface area contributed by atoms with E-state index in [0.29, 0.717) is 4.73 Å². The number of aryl methyl sites for hydroxylation is 2. The number of ether oxygens (including phenoxy) is 1. The van der Waals surface area contributed by atoms with Crippen molar-refractivity contribution in [3.05, 3.63) is 70.2 Å². The summed E-state index contributed by atoms with van der Waals surface area (Å²) in [6.07, 6.45) is 7.06. The van der Waals surface area contributed by atoms with Gasteiger partial charge >= 0.3 is 5.97 Å². The minimum absolute atomic E-state index is 0.162. The molecule has 0 saturated carbocycles. The number of nitrogens with one attached hydrogen (secondary N) is 1.